The normalized spacial score (nSPS) is 18.1. The highest BCUT2D eigenvalue weighted by molar-refractivity contribution is 9.08. The summed E-state index contributed by atoms with van der Waals surface area (Å²) in [6.07, 6.45) is 3.97. The number of carbonyl (C=O) groups excluding carboxylic acids is 3. The zero-order chi connectivity index (χ0) is 28.8. The van der Waals surface area contributed by atoms with Gasteiger partial charge < -0.3 is 14.8 Å². The Bertz CT molecular complexity index is 1470. The van der Waals surface area contributed by atoms with E-state index in [1.54, 1.807) is 19.2 Å². The minimum atomic E-state index is -0.706. The molecule has 0 aliphatic carbocycles. The molecule has 2 amide bonds. The second-order valence-electron chi connectivity index (χ2n) is 9.62. The Morgan fingerprint density at radius 1 is 0.976 bits per heavy atom. The molecule has 0 aromatic heterocycles. The maximum absolute atomic E-state index is 13.5. The number of alkyl halides is 1. The van der Waals surface area contributed by atoms with Crippen molar-refractivity contribution >= 4 is 51.6 Å². The highest BCUT2D eigenvalue weighted by Crippen LogP contribution is 2.41. The van der Waals surface area contributed by atoms with Crippen molar-refractivity contribution in [3.63, 3.8) is 0 Å². The van der Waals surface area contributed by atoms with E-state index < -0.39 is 12.0 Å². The number of amides is 2. The topological polar surface area (TPSA) is 84.9 Å². The fraction of sp³-hybridized carbons (Fsp3) is 0.219. The van der Waals surface area contributed by atoms with Gasteiger partial charge in [0.15, 0.2) is 0 Å². The summed E-state index contributed by atoms with van der Waals surface area (Å²) in [7, 11) is 1.59. The molecule has 1 fully saturated rings. The SMILES string of the molecule is COc1ccc(COC(=O)C2=C(/C=C/c3ccc(CBr)cc3)CSC3C(NC(=O)Cc4ccccc4)C(=O)N23)cc1. The van der Waals surface area contributed by atoms with Crippen LogP contribution >= 0.6 is 27.7 Å². The maximum atomic E-state index is 13.5. The zero-order valence-electron chi connectivity index (χ0n) is 22.4. The van der Waals surface area contributed by atoms with Crippen molar-refractivity contribution in [3.05, 3.63) is 118 Å². The fourth-order valence-corrected chi connectivity index (χ4v) is 6.31. The van der Waals surface area contributed by atoms with E-state index in [9.17, 15) is 14.4 Å². The third-order valence-electron chi connectivity index (χ3n) is 6.86. The van der Waals surface area contributed by atoms with Crippen molar-refractivity contribution in [2.75, 3.05) is 12.9 Å². The average molecular weight is 634 g/mol. The third kappa shape index (κ3) is 6.74. The van der Waals surface area contributed by atoms with Gasteiger partial charge in [-0.1, -0.05) is 94.8 Å². The minimum absolute atomic E-state index is 0.0500. The van der Waals surface area contributed by atoms with Crippen molar-refractivity contribution in [2.24, 2.45) is 0 Å². The molecular weight excluding hydrogens is 604 g/mol. The van der Waals surface area contributed by atoms with Gasteiger partial charge in [0.05, 0.1) is 13.5 Å². The van der Waals surface area contributed by atoms with Crippen molar-refractivity contribution in [2.45, 2.75) is 29.8 Å². The van der Waals surface area contributed by atoms with Gasteiger partial charge in [-0.05, 0) is 40.0 Å². The molecule has 9 heteroatoms. The maximum Gasteiger partial charge on any atom is 0.355 e. The Balaban J connectivity index is 1.34. The number of nitrogens with one attached hydrogen (secondary N) is 1. The van der Waals surface area contributed by atoms with Gasteiger partial charge in [0.25, 0.3) is 5.91 Å². The first kappa shape index (κ1) is 28.7. The fourth-order valence-electron chi connectivity index (χ4n) is 4.62. The summed E-state index contributed by atoms with van der Waals surface area (Å²) >= 11 is 4.97. The van der Waals surface area contributed by atoms with Gasteiger partial charge in [0.1, 0.15) is 29.5 Å². The van der Waals surface area contributed by atoms with E-state index in [1.165, 1.54) is 16.7 Å². The summed E-state index contributed by atoms with van der Waals surface area (Å²) in [4.78, 5) is 41.0. The van der Waals surface area contributed by atoms with E-state index in [0.717, 1.165) is 27.6 Å². The summed E-state index contributed by atoms with van der Waals surface area (Å²) in [6, 6.07) is 24.0. The molecule has 2 aliphatic heterocycles. The lowest BCUT2D eigenvalue weighted by molar-refractivity contribution is -0.153. The van der Waals surface area contributed by atoms with E-state index in [4.69, 9.17) is 9.47 Å². The van der Waals surface area contributed by atoms with Crippen LogP contribution in [0.1, 0.15) is 22.3 Å². The molecular formula is C32H29BrN2O5S. The van der Waals surface area contributed by atoms with Crippen LogP contribution in [-0.2, 0) is 37.5 Å². The van der Waals surface area contributed by atoms with Crippen molar-refractivity contribution in [1.82, 2.24) is 10.2 Å². The lowest BCUT2D eigenvalue weighted by Crippen LogP contribution is -2.70. The smallest absolute Gasteiger partial charge is 0.355 e. The Morgan fingerprint density at radius 3 is 2.37 bits per heavy atom. The van der Waals surface area contributed by atoms with E-state index in [0.29, 0.717) is 17.1 Å². The molecule has 1 saturated heterocycles. The van der Waals surface area contributed by atoms with E-state index in [-0.39, 0.29) is 35.9 Å². The Labute approximate surface area is 251 Å². The number of hydrogen-bond acceptors (Lipinski definition) is 6. The molecule has 2 atom stereocenters. The van der Waals surface area contributed by atoms with Crippen LogP contribution in [0.3, 0.4) is 0 Å². The van der Waals surface area contributed by atoms with Gasteiger partial charge in [-0.3, -0.25) is 14.5 Å². The van der Waals surface area contributed by atoms with Crippen molar-refractivity contribution in [3.8, 4) is 5.75 Å². The van der Waals surface area contributed by atoms with Crippen LogP contribution in [0.2, 0.25) is 0 Å². The second kappa shape index (κ2) is 13.2. The number of fused-ring (bicyclic) bond motifs is 1. The summed E-state index contributed by atoms with van der Waals surface area (Å²) in [5.41, 5.74) is 4.70. The summed E-state index contributed by atoms with van der Waals surface area (Å²) in [6.45, 7) is 0.0500. The van der Waals surface area contributed by atoms with Crippen LogP contribution in [0.5, 0.6) is 5.75 Å². The number of β-lactam (4-membered cyclic amide) rings is 1. The molecule has 1 N–H and O–H groups in total. The number of ether oxygens (including phenoxy) is 2. The molecule has 0 bridgehead atoms. The minimum Gasteiger partial charge on any atom is -0.497 e. The highest BCUT2D eigenvalue weighted by Gasteiger charge is 2.54. The third-order valence-corrected chi connectivity index (χ3v) is 8.80. The number of methoxy groups -OCH3 is 1. The molecule has 3 aromatic rings. The lowest BCUT2D eigenvalue weighted by Gasteiger charge is -2.49. The van der Waals surface area contributed by atoms with Gasteiger partial charge in [0.2, 0.25) is 5.91 Å². The predicted molar refractivity (Wildman–Crippen MR) is 163 cm³/mol. The summed E-state index contributed by atoms with van der Waals surface area (Å²) in [5.74, 6) is 0.0520. The average Bonchev–Trinajstić information content (AvgIpc) is 3.02. The van der Waals surface area contributed by atoms with Crippen molar-refractivity contribution in [1.29, 1.82) is 0 Å². The molecule has 2 aliphatic rings. The molecule has 2 unspecified atom stereocenters. The summed E-state index contributed by atoms with van der Waals surface area (Å²) in [5, 5.41) is 3.25. The van der Waals surface area contributed by atoms with E-state index in [1.807, 2.05) is 78.9 Å². The first-order chi connectivity index (χ1) is 20.0. The van der Waals surface area contributed by atoms with Gasteiger partial charge in [-0.25, -0.2) is 4.79 Å². The molecule has 210 valence electrons. The number of halogens is 1. The summed E-state index contributed by atoms with van der Waals surface area (Å²) < 4.78 is 10.9. The van der Waals surface area contributed by atoms with E-state index in [2.05, 4.69) is 21.2 Å². The van der Waals surface area contributed by atoms with Crippen LogP contribution < -0.4 is 10.1 Å². The standard InChI is InChI=1S/C32H29BrN2O5S/c1-39-26-15-12-24(13-16-26)19-40-32(38)29-25(14-11-21-7-9-23(18-33)10-8-21)20-41-31-28(30(37)35(29)31)34-27(36)17-22-5-3-2-4-6-22/h2-16,28,31H,17-20H2,1H3,(H,34,36)/b14-11+. The number of thioether (sulfide) groups is 1. The Kier molecular flexibility index (Phi) is 9.26. The lowest BCUT2D eigenvalue weighted by atomic mass is 10.0. The molecule has 0 spiro atoms. The van der Waals surface area contributed by atoms with Gasteiger partial charge in [-0.2, -0.15) is 0 Å². The number of rotatable bonds is 10. The van der Waals surface area contributed by atoms with Crippen LogP contribution in [0.25, 0.3) is 6.08 Å². The number of hydrogen-bond donors (Lipinski definition) is 1. The molecule has 5 rings (SSSR count). The van der Waals surface area contributed by atoms with Crippen LogP contribution in [0, 0.1) is 0 Å². The van der Waals surface area contributed by atoms with E-state index >= 15 is 0 Å². The van der Waals surface area contributed by atoms with Gasteiger partial charge in [0, 0.05) is 11.1 Å². The molecule has 7 nitrogen and oxygen atoms in total. The van der Waals surface area contributed by atoms with Crippen molar-refractivity contribution < 1.29 is 23.9 Å². The second-order valence-corrected chi connectivity index (χ2v) is 11.3. The predicted octanol–water partition coefficient (Wildman–Crippen LogP) is 5.24. The Morgan fingerprint density at radius 2 is 1.68 bits per heavy atom. The zero-order valence-corrected chi connectivity index (χ0v) is 24.8. The largest absolute Gasteiger partial charge is 0.497 e. The number of esters is 1. The molecule has 3 aromatic carbocycles. The molecule has 41 heavy (non-hydrogen) atoms. The number of nitrogens with zero attached hydrogens (tertiary/aromatic N) is 1. The molecule has 0 saturated carbocycles. The van der Waals surface area contributed by atoms with Gasteiger partial charge in [-0.15, -0.1) is 11.8 Å². The van der Waals surface area contributed by atoms with Crippen LogP contribution in [0.4, 0.5) is 0 Å². The molecule has 2 heterocycles. The number of allylic oxidation sites excluding steroid dienone is 1. The monoisotopic (exact) mass is 632 g/mol. The van der Waals surface area contributed by atoms with Gasteiger partial charge >= 0.3 is 5.97 Å². The van der Waals surface area contributed by atoms with Crippen LogP contribution in [0.15, 0.2) is 96.2 Å². The first-order valence-electron chi connectivity index (χ1n) is 13.1. The molecule has 0 radical (unpaired) electrons. The highest BCUT2D eigenvalue weighted by atomic mass is 79.9. The first-order valence-corrected chi connectivity index (χ1v) is 15.3. The Hall–Kier alpha value is -3.82. The quantitative estimate of drug-likeness (QED) is 0.187. The number of benzene rings is 3. The van der Waals surface area contributed by atoms with Crippen LogP contribution in [-0.4, -0.2) is 47.0 Å². The number of carbonyl (C=O) groups is 3.